The first-order chi connectivity index (χ1) is 25.5. The molecule has 2 aromatic heterocycles. The Balaban J connectivity index is 1.14. The quantitative estimate of drug-likeness (QED) is 0.139. The van der Waals surface area contributed by atoms with Crippen molar-refractivity contribution in [3.63, 3.8) is 0 Å². The maximum absolute atomic E-state index is 14.1. The number of likely N-dealkylation sites (tertiary alicyclic amines) is 1. The van der Waals surface area contributed by atoms with Crippen molar-refractivity contribution in [1.82, 2.24) is 35.0 Å². The van der Waals surface area contributed by atoms with Crippen LogP contribution in [0.15, 0.2) is 73.1 Å². The molecule has 5 aromatic rings. The van der Waals surface area contributed by atoms with Gasteiger partial charge in [0.1, 0.15) is 18.1 Å². The van der Waals surface area contributed by atoms with Crippen molar-refractivity contribution in [1.29, 1.82) is 0 Å². The van der Waals surface area contributed by atoms with Gasteiger partial charge in [0.15, 0.2) is 0 Å². The Labute approximate surface area is 306 Å². The van der Waals surface area contributed by atoms with Crippen LogP contribution in [0.5, 0.6) is 0 Å². The van der Waals surface area contributed by atoms with Gasteiger partial charge in [-0.1, -0.05) is 23.7 Å². The summed E-state index contributed by atoms with van der Waals surface area (Å²) in [4.78, 5) is 72.9. The van der Waals surface area contributed by atoms with Crippen LogP contribution in [0, 0.1) is 0 Å². The van der Waals surface area contributed by atoms with Gasteiger partial charge in [0.2, 0.25) is 5.91 Å². The zero-order valence-corrected chi connectivity index (χ0v) is 28.7. The number of amides is 5. The Kier molecular flexibility index (Phi) is 9.75. The predicted molar refractivity (Wildman–Crippen MR) is 192 cm³/mol. The fourth-order valence-corrected chi connectivity index (χ4v) is 6.71. The number of aliphatic hydroxyl groups excluding tert-OH is 1. The first-order valence-electron chi connectivity index (χ1n) is 16.7. The summed E-state index contributed by atoms with van der Waals surface area (Å²) in [5.74, 6) is -3.51. The van der Waals surface area contributed by atoms with Gasteiger partial charge in [0.05, 0.1) is 17.5 Å². The van der Waals surface area contributed by atoms with Crippen LogP contribution in [0.25, 0.3) is 16.6 Å². The van der Waals surface area contributed by atoms with E-state index in [1.165, 1.54) is 32.9 Å². The Morgan fingerprint density at radius 3 is 2.45 bits per heavy atom. The van der Waals surface area contributed by atoms with Crippen LogP contribution in [0.3, 0.4) is 0 Å². The summed E-state index contributed by atoms with van der Waals surface area (Å²) < 4.78 is 1.34. The van der Waals surface area contributed by atoms with E-state index in [1.807, 2.05) is 0 Å². The van der Waals surface area contributed by atoms with Crippen molar-refractivity contribution in [2.45, 2.75) is 31.4 Å². The Bertz CT molecular complexity index is 2210. The van der Waals surface area contributed by atoms with Gasteiger partial charge in [-0.2, -0.15) is 4.68 Å². The van der Waals surface area contributed by atoms with Gasteiger partial charge in [-0.25, -0.2) is 9.59 Å². The number of aliphatic hydroxyl groups is 1. The number of halogens is 1. The molecule has 2 fully saturated rings. The molecule has 0 spiro atoms. The summed E-state index contributed by atoms with van der Waals surface area (Å²) >= 11 is 6.29. The monoisotopic (exact) mass is 740 g/mol. The minimum Gasteiger partial charge on any atom is -0.477 e. The number of piperazine rings is 1. The van der Waals surface area contributed by atoms with Gasteiger partial charge >= 0.3 is 23.8 Å². The molecular formula is C35H33ClN10O7. The number of carboxylic acid groups (broad SMARTS) is 1. The number of anilines is 3. The highest BCUT2D eigenvalue weighted by Crippen LogP contribution is 2.30. The SMILES string of the molecule is O=C(O)c1cc2cc(NC(=O)[C@H](Cc3ccc(NC(=O)N4CCC[C@@H](O)C4)cc3)N3CCN(c4cc(Cl)ccc4-n4cnnn4)C(=O)C3=O)ccc2[nH]1. The molecule has 4 heterocycles. The Hall–Kier alpha value is -6.33. The van der Waals surface area contributed by atoms with E-state index in [4.69, 9.17) is 11.6 Å². The number of tetrazole rings is 1. The second-order valence-corrected chi connectivity index (χ2v) is 13.1. The van der Waals surface area contributed by atoms with Crippen molar-refractivity contribution < 1.29 is 34.2 Å². The maximum Gasteiger partial charge on any atom is 0.352 e. The summed E-state index contributed by atoms with van der Waals surface area (Å²) in [5.41, 5.74) is 2.76. The number of fused-ring (bicyclic) bond motifs is 1. The number of rotatable bonds is 9. The summed E-state index contributed by atoms with van der Waals surface area (Å²) in [5, 5.41) is 37.1. The lowest BCUT2D eigenvalue weighted by molar-refractivity contribution is -0.149. The van der Waals surface area contributed by atoms with E-state index < -0.39 is 35.8 Å². The van der Waals surface area contributed by atoms with Crippen molar-refractivity contribution >= 4 is 69.3 Å². The molecular weight excluding hydrogens is 708 g/mol. The number of carboxylic acids is 1. The number of carbonyl (C=O) groups excluding carboxylic acids is 4. The average molecular weight is 741 g/mol. The number of aromatic nitrogens is 5. The smallest absolute Gasteiger partial charge is 0.352 e. The number of aromatic amines is 1. The highest BCUT2D eigenvalue weighted by atomic mass is 35.5. The van der Waals surface area contributed by atoms with Crippen molar-refractivity contribution in [2.24, 2.45) is 0 Å². The standard InChI is InChI=1S/C35H33ClN10O7/c36-22-5-10-28(46-19-37-41-42-46)29(17-22)44-12-13-45(33(50)32(44)49)30(31(48)38-24-8-9-26-21(15-24)16-27(40-26)34(51)52)14-20-3-6-23(7-4-20)39-35(53)43-11-1-2-25(47)18-43/h3-10,15-17,19,25,30,40,47H,1-2,11-14,18H2,(H,38,48)(H,39,53)(H,51,52)/t25-,30+/m1/s1. The molecule has 2 aliphatic rings. The second-order valence-electron chi connectivity index (χ2n) is 12.7. The summed E-state index contributed by atoms with van der Waals surface area (Å²) in [6, 6.07) is 16.3. The second kappa shape index (κ2) is 14.7. The van der Waals surface area contributed by atoms with E-state index in [2.05, 4.69) is 31.1 Å². The molecule has 0 radical (unpaired) electrons. The molecule has 3 aromatic carbocycles. The molecule has 5 N–H and O–H groups in total. The fraction of sp³-hybridized carbons (Fsp3) is 0.257. The van der Waals surface area contributed by atoms with Gasteiger partial charge < -0.3 is 40.5 Å². The summed E-state index contributed by atoms with van der Waals surface area (Å²) in [6.45, 7) is 0.784. The number of H-pyrrole nitrogens is 1. The molecule has 0 unspecified atom stereocenters. The topological polar surface area (TPSA) is 219 Å². The lowest BCUT2D eigenvalue weighted by Gasteiger charge is -2.38. The van der Waals surface area contributed by atoms with Crippen LogP contribution in [0.1, 0.15) is 28.9 Å². The van der Waals surface area contributed by atoms with E-state index in [0.717, 1.165) is 0 Å². The van der Waals surface area contributed by atoms with Crippen molar-refractivity contribution in [2.75, 3.05) is 41.7 Å². The zero-order valence-electron chi connectivity index (χ0n) is 28.0. The molecule has 272 valence electrons. The van der Waals surface area contributed by atoms with E-state index in [0.29, 0.717) is 63.6 Å². The van der Waals surface area contributed by atoms with E-state index in [1.54, 1.807) is 59.5 Å². The van der Waals surface area contributed by atoms with Gasteiger partial charge in [-0.15, -0.1) is 5.10 Å². The number of piperidine rings is 1. The number of carbonyl (C=O) groups is 5. The number of nitrogens with one attached hydrogen (secondary N) is 3. The van der Waals surface area contributed by atoms with E-state index in [9.17, 15) is 34.2 Å². The van der Waals surface area contributed by atoms with Crippen LogP contribution in [-0.4, -0.2) is 113 Å². The lowest BCUT2D eigenvalue weighted by Crippen LogP contribution is -2.60. The van der Waals surface area contributed by atoms with Gasteiger partial charge in [0, 0.05) is 59.9 Å². The molecule has 5 amide bonds. The first kappa shape index (κ1) is 35.1. The number of benzene rings is 3. The highest BCUT2D eigenvalue weighted by Gasteiger charge is 2.40. The molecule has 17 nitrogen and oxygen atoms in total. The third-order valence-corrected chi connectivity index (χ3v) is 9.43. The summed E-state index contributed by atoms with van der Waals surface area (Å²) in [6.07, 6.45) is 2.14. The van der Waals surface area contributed by atoms with Crippen LogP contribution < -0.4 is 15.5 Å². The van der Waals surface area contributed by atoms with Crippen molar-refractivity contribution in [3.05, 3.63) is 89.3 Å². The normalized spacial score (nSPS) is 16.9. The van der Waals surface area contributed by atoms with Gasteiger partial charge in [-0.3, -0.25) is 14.4 Å². The largest absolute Gasteiger partial charge is 0.477 e. The number of nitrogens with zero attached hydrogens (tertiary/aromatic N) is 7. The highest BCUT2D eigenvalue weighted by molar-refractivity contribution is 6.41. The fourth-order valence-electron chi connectivity index (χ4n) is 6.54. The molecule has 53 heavy (non-hydrogen) atoms. The summed E-state index contributed by atoms with van der Waals surface area (Å²) in [7, 11) is 0. The predicted octanol–water partition coefficient (Wildman–Crippen LogP) is 2.91. The number of hydrogen-bond acceptors (Lipinski definition) is 9. The van der Waals surface area contributed by atoms with Gasteiger partial charge in [0.25, 0.3) is 0 Å². The molecule has 7 rings (SSSR count). The number of hydrogen-bond donors (Lipinski definition) is 5. The minimum absolute atomic E-state index is 0.0139. The van der Waals surface area contributed by atoms with Crippen LogP contribution in [-0.2, 0) is 20.8 Å². The Morgan fingerprint density at radius 2 is 1.72 bits per heavy atom. The molecule has 0 saturated carbocycles. The van der Waals surface area contributed by atoms with E-state index >= 15 is 0 Å². The first-order valence-corrected chi connectivity index (χ1v) is 17.1. The third-order valence-electron chi connectivity index (χ3n) is 9.19. The van der Waals surface area contributed by atoms with Crippen LogP contribution >= 0.6 is 11.6 Å². The maximum atomic E-state index is 14.1. The van der Waals surface area contributed by atoms with E-state index in [-0.39, 0.29) is 37.8 Å². The number of aromatic carboxylic acids is 1. The number of β-amino-alcohol motifs (C(OH)–C–C–N with tert-alkyl or cyclic N) is 1. The minimum atomic E-state index is -1.15. The average Bonchev–Trinajstić information content (AvgIpc) is 3.84. The molecule has 2 aliphatic heterocycles. The van der Waals surface area contributed by atoms with Gasteiger partial charge in [-0.05, 0) is 83.4 Å². The third kappa shape index (κ3) is 7.51. The molecule has 2 saturated heterocycles. The molecule has 2 atom stereocenters. The zero-order chi connectivity index (χ0) is 37.2. The number of urea groups is 1. The molecule has 18 heteroatoms. The van der Waals surface area contributed by atoms with Crippen molar-refractivity contribution in [3.8, 4) is 5.69 Å². The lowest BCUT2D eigenvalue weighted by atomic mass is 10.0. The van der Waals surface area contributed by atoms with Crippen LogP contribution in [0.2, 0.25) is 5.02 Å². The molecule has 0 bridgehead atoms. The Morgan fingerprint density at radius 1 is 0.925 bits per heavy atom. The molecule has 0 aliphatic carbocycles. The van der Waals surface area contributed by atoms with Crippen LogP contribution in [0.4, 0.5) is 21.9 Å².